The maximum absolute atomic E-state index is 13.1. The lowest BCUT2D eigenvalue weighted by Gasteiger charge is -2.26. The van der Waals surface area contributed by atoms with E-state index >= 15 is 0 Å². The van der Waals surface area contributed by atoms with Crippen LogP contribution in [0, 0.1) is 0 Å². The van der Waals surface area contributed by atoms with Crippen molar-refractivity contribution in [2.45, 2.75) is 24.2 Å². The number of hydrogen-bond donors (Lipinski definition) is 1. The SMILES string of the molecule is COc1cc(OC)c(NC(=O)c2ccccc2S(=O)(=O)N2CCCCC2)cc1Cl. The summed E-state index contributed by atoms with van der Waals surface area (Å²) in [7, 11) is -0.845. The van der Waals surface area contributed by atoms with E-state index < -0.39 is 15.9 Å². The summed E-state index contributed by atoms with van der Waals surface area (Å²) in [6.45, 7) is 0.917. The lowest BCUT2D eigenvalue weighted by Crippen LogP contribution is -2.36. The van der Waals surface area contributed by atoms with Crippen molar-refractivity contribution in [1.82, 2.24) is 4.31 Å². The van der Waals surface area contributed by atoms with E-state index in [9.17, 15) is 13.2 Å². The quantitative estimate of drug-likeness (QED) is 0.741. The average Bonchev–Trinajstić information content (AvgIpc) is 2.74. The molecule has 0 aliphatic carbocycles. The van der Waals surface area contributed by atoms with Crippen LogP contribution in [0.25, 0.3) is 0 Å². The highest BCUT2D eigenvalue weighted by Gasteiger charge is 2.30. The van der Waals surface area contributed by atoms with Crippen LogP contribution in [0.3, 0.4) is 0 Å². The first-order chi connectivity index (χ1) is 13.9. The van der Waals surface area contributed by atoms with Gasteiger partial charge in [0.2, 0.25) is 10.0 Å². The van der Waals surface area contributed by atoms with Gasteiger partial charge in [0.15, 0.2) is 0 Å². The van der Waals surface area contributed by atoms with Crippen LogP contribution in [-0.4, -0.2) is 45.9 Å². The zero-order chi connectivity index (χ0) is 21.0. The molecule has 0 radical (unpaired) electrons. The number of rotatable bonds is 6. The van der Waals surface area contributed by atoms with Gasteiger partial charge in [-0.2, -0.15) is 4.31 Å². The number of piperidine rings is 1. The molecule has 0 aromatic heterocycles. The lowest BCUT2D eigenvalue weighted by molar-refractivity contribution is 0.102. The molecule has 156 valence electrons. The first kappa shape index (κ1) is 21.4. The fourth-order valence-corrected chi connectivity index (χ4v) is 5.22. The maximum atomic E-state index is 13.1. The third-order valence-corrected chi connectivity index (χ3v) is 7.04. The first-order valence-electron chi connectivity index (χ1n) is 9.20. The summed E-state index contributed by atoms with van der Waals surface area (Å²) in [5.74, 6) is 0.172. The van der Waals surface area contributed by atoms with Gasteiger partial charge >= 0.3 is 0 Å². The van der Waals surface area contributed by atoms with Crippen molar-refractivity contribution in [2.24, 2.45) is 0 Å². The van der Waals surface area contributed by atoms with E-state index in [1.54, 1.807) is 18.2 Å². The Balaban J connectivity index is 1.95. The molecule has 2 aromatic carbocycles. The van der Waals surface area contributed by atoms with E-state index in [0.717, 1.165) is 19.3 Å². The predicted molar refractivity (Wildman–Crippen MR) is 112 cm³/mol. The van der Waals surface area contributed by atoms with E-state index in [1.165, 1.54) is 36.7 Å². The number of anilines is 1. The van der Waals surface area contributed by atoms with Crippen molar-refractivity contribution in [3.05, 3.63) is 47.0 Å². The fourth-order valence-electron chi connectivity index (χ4n) is 3.27. The molecular weight excluding hydrogens is 416 g/mol. The molecule has 1 fully saturated rings. The molecule has 1 heterocycles. The van der Waals surface area contributed by atoms with Crippen molar-refractivity contribution < 1.29 is 22.7 Å². The zero-order valence-electron chi connectivity index (χ0n) is 16.3. The van der Waals surface area contributed by atoms with Gasteiger partial charge in [-0.15, -0.1) is 0 Å². The van der Waals surface area contributed by atoms with Gasteiger partial charge in [0, 0.05) is 19.2 Å². The Labute approximate surface area is 175 Å². The van der Waals surface area contributed by atoms with Crippen molar-refractivity contribution in [3.63, 3.8) is 0 Å². The summed E-state index contributed by atoms with van der Waals surface area (Å²) < 4.78 is 38.1. The topological polar surface area (TPSA) is 84.9 Å². The van der Waals surface area contributed by atoms with Crippen molar-refractivity contribution in [2.75, 3.05) is 32.6 Å². The highest BCUT2D eigenvalue weighted by Crippen LogP contribution is 2.36. The van der Waals surface area contributed by atoms with Gasteiger partial charge in [0.05, 0.1) is 35.4 Å². The Morgan fingerprint density at radius 3 is 2.34 bits per heavy atom. The van der Waals surface area contributed by atoms with Gasteiger partial charge in [-0.05, 0) is 31.0 Å². The van der Waals surface area contributed by atoms with Crippen LogP contribution in [0.5, 0.6) is 11.5 Å². The molecule has 0 spiro atoms. The molecule has 29 heavy (non-hydrogen) atoms. The number of benzene rings is 2. The van der Waals surface area contributed by atoms with Crippen LogP contribution in [0.4, 0.5) is 5.69 Å². The number of carbonyl (C=O) groups is 1. The van der Waals surface area contributed by atoms with E-state index in [-0.39, 0.29) is 15.5 Å². The number of hydrogen-bond acceptors (Lipinski definition) is 5. The fraction of sp³-hybridized carbons (Fsp3) is 0.350. The molecule has 0 atom stereocenters. The minimum Gasteiger partial charge on any atom is -0.495 e. The average molecular weight is 439 g/mol. The van der Waals surface area contributed by atoms with E-state index in [2.05, 4.69) is 5.32 Å². The van der Waals surface area contributed by atoms with Crippen molar-refractivity contribution in [1.29, 1.82) is 0 Å². The maximum Gasteiger partial charge on any atom is 0.257 e. The standard InChI is InChI=1S/C20H23ClN2O5S/c1-27-17-13-18(28-2)16(12-15(17)21)22-20(24)14-8-4-5-9-19(14)29(25,26)23-10-6-3-7-11-23/h4-5,8-9,12-13H,3,6-7,10-11H2,1-2H3,(H,22,24). The Morgan fingerprint density at radius 2 is 1.69 bits per heavy atom. The van der Waals surface area contributed by atoms with Crippen LogP contribution in [0.15, 0.2) is 41.3 Å². The Hall–Kier alpha value is -2.29. The van der Waals surface area contributed by atoms with Crippen LogP contribution in [0.1, 0.15) is 29.6 Å². The normalized spacial score (nSPS) is 15.0. The number of halogens is 1. The number of nitrogens with one attached hydrogen (secondary N) is 1. The Morgan fingerprint density at radius 1 is 1.03 bits per heavy atom. The molecule has 1 amide bonds. The summed E-state index contributed by atoms with van der Waals surface area (Å²) in [5, 5.41) is 2.99. The number of nitrogens with zero attached hydrogens (tertiary/aromatic N) is 1. The lowest BCUT2D eigenvalue weighted by atomic mass is 10.2. The molecule has 2 aromatic rings. The predicted octanol–water partition coefficient (Wildman–Crippen LogP) is 3.78. The summed E-state index contributed by atoms with van der Waals surface area (Å²) in [5.41, 5.74) is 0.376. The molecule has 1 aliphatic rings. The van der Waals surface area contributed by atoms with Gasteiger partial charge < -0.3 is 14.8 Å². The molecular formula is C20H23ClN2O5S. The second-order valence-corrected chi connectivity index (χ2v) is 8.92. The molecule has 3 rings (SSSR count). The number of ether oxygens (including phenoxy) is 2. The monoisotopic (exact) mass is 438 g/mol. The van der Waals surface area contributed by atoms with E-state index in [0.29, 0.717) is 30.3 Å². The molecule has 1 aliphatic heterocycles. The van der Waals surface area contributed by atoms with Crippen LogP contribution in [0.2, 0.25) is 5.02 Å². The van der Waals surface area contributed by atoms with E-state index in [1.807, 2.05) is 0 Å². The van der Waals surface area contributed by atoms with Gasteiger partial charge in [0.1, 0.15) is 11.5 Å². The van der Waals surface area contributed by atoms with Crippen molar-refractivity contribution in [3.8, 4) is 11.5 Å². The number of sulfonamides is 1. The van der Waals surface area contributed by atoms with Crippen LogP contribution < -0.4 is 14.8 Å². The summed E-state index contributed by atoms with van der Waals surface area (Å²) in [6.07, 6.45) is 2.64. The minimum atomic E-state index is -3.77. The number of carbonyl (C=O) groups excluding carboxylic acids is 1. The number of amides is 1. The van der Waals surface area contributed by atoms with Crippen molar-refractivity contribution >= 4 is 33.2 Å². The zero-order valence-corrected chi connectivity index (χ0v) is 17.8. The summed E-state index contributed by atoms with van der Waals surface area (Å²) >= 11 is 6.16. The molecule has 9 heteroatoms. The van der Waals surface area contributed by atoms with Crippen LogP contribution >= 0.6 is 11.6 Å². The number of methoxy groups -OCH3 is 2. The Kier molecular flexibility index (Phi) is 6.66. The van der Waals surface area contributed by atoms with Gasteiger partial charge in [0.25, 0.3) is 5.91 Å². The van der Waals surface area contributed by atoms with Gasteiger partial charge in [-0.1, -0.05) is 30.2 Å². The summed E-state index contributed by atoms with van der Waals surface area (Å²) in [4.78, 5) is 13.0. The molecule has 0 unspecified atom stereocenters. The minimum absolute atomic E-state index is 0.0158. The van der Waals surface area contributed by atoms with E-state index in [4.69, 9.17) is 21.1 Å². The largest absolute Gasteiger partial charge is 0.495 e. The third kappa shape index (κ3) is 4.49. The van der Waals surface area contributed by atoms with Gasteiger partial charge in [-0.3, -0.25) is 4.79 Å². The molecule has 1 saturated heterocycles. The highest BCUT2D eigenvalue weighted by molar-refractivity contribution is 7.89. The highest BCUT2D eigenvalue weighted by atomic mass is 35.5. The molecule has 0 saturated carbocycles. The molecule has 1 N–H and O–H groups in total. The second kappa shape index (κ2) is 9.02. The first-order valence-corrected chi connectivity index (χ1v) is 11.0. The van der Waals surface area contributed by atoms with Gasteiger partial charge in [-0.25, -0.2) is 8.42 Å². The Bertz CT molecular complexity index is 1000. The second-order valence-electron chi connectivity index (χ2n) is 6.60. The third-order valence-electron chi connectivity index (χ3n) is 4.79. The molecule has 0 bridgehead atoms. The van der Waals surface area contributed by atoms with Crippen LogP contribution in [-0.2, 0) is 10.0 Å². The smallest absolute Gasteiger partial charge is 0.257 e. The summed E-state index contributed by atoms with van der Waals surface area (Å²) in [6, 6.07) is 9.23. The molecule has 7 nitrogen and oxygen atoms in total.